The van der Waals surface area contributed by atoms with E-state index in [1.807, 2.05) is 83.1 Å². The first kappa shape index (κ1) is 31.0. The first-order valence-electron chi connectivity index (χ1n) is 11.0. The minimum absolute atomic E-state index is 0. The van der Waals surface area contributed by atoms with Crippen molar-refractivity contribution in [1.82, 2.24) is 10.2 Å². The van der Waals surface area contributed by atoms with Crippen LogP contribution in [0, 0.1) is 0 Å². The molecule has 0 unspecified atom stereocenters. The number of benzene rings is 2. The molecule has 0 aromatic heterocycles. The van der Waals surface area contributed by atoms with Gasteiger partial charge in [0.1, 0.15) is 0 Å². The van der Waals surface area contributed by atoms with E-state index < -0.39 is 0 Å². The highest BCUT2D eigenvalue weighted by Crippen LogP contribution is 2.21. The van der Waals surface area contributed by atoms with E-state index in [1.54, 1.807) is 24.1 Å². The smallest absolute Gasteiger partial charge is 0.331 e. The number of urea groups is 1. The molecule has 1 saturated heterocycles. The van der Waals surface area contributed by atoms with Crippen LogP contribution >= 0.6 is 0 Å². The summed E-state index contributed by atoms with van der Waals surface area (Å²) in [6, 6.07) is 18.6. The molecule has 1 heterocycles. The monoisotopic (exact) mass is 443 g/mol. The lowest BCUT2D eigenvalue weighted by atomic mass is 10.1. The Morgan fingerprint density at radius 3 is 1.84 bits per heavy atom. The number of anilines is 1. The van der Waals surface area contributed by atoms with Gasteiger partial charge in [0, 0.05) is 33.0 Å². The molecular formula is C26H41N3O3. The molecule has 6 nitrogen and oxygen atoms in total. The van der Waals surface area contributed by atoms with Crippen LogP contribution in [-0.2, 0) is 16.1 Å². The standard InChI is InChI=1S/C17H16N2O2.C4H9NO.2C2H6.CH4/c20-16-11-12-18(13-14-7-3-1-4-8-14)17(21)19(16)15-9-5-2-6-10-15;1-3-4(6)5-2;2*1-2;/h1-10H,11-13H2;3H2,1-2H3,(H,5,6);2*1-2H3;1H4. The summed E-state index contributed by atoms with van der Waals surface area (Å²) in [5.41, 5.74) is 1.69. The van der Waals surface area contributed by atoms with Crippen LogP contribution in [-0.4, -0.2) is 36.3 Å². The first-order chi connectivity index (χ1) is 15.1. The molecule has 1 aliphatic heterocycles. The minimum Gasteiger partial charge on any atom is -0.359 e. The zero-order chi connectivity index (χ0) is 23.6. The van der Waals surface area contributed by atoms with Gasteiger partial charge >= 0.3 is 6.03 Å². The van der Waals surface area contributed by atoms with E-state index in [2.05, 4.69) is 5.32 Å². The van der Waals surface area contributed by atoms with Gasteiger partial charge in [-0.05, 0) is 17.7 Å². The van der Waals surface area contributed by atoms with Crippen molar-refractivity contribution < 1.29 is 14.4 Å². The Balaban J connectivity index is 0. The fourth-order valence-electron chi connectivity index (χ4n) is 2.64. The van der Waals surface area contributed by atoms with Gasteiger partial charge in [0.05, 0.1) is 5.69 Å². The van der Waals surface area contributed by atoms with Gasteiger partial charge in [-0.1, -0.05) is 90.6 Å². The maximum atomic E-state index is 12.6. The zero-order valence-electron chi connectivity index (χ0n) is 19.7. The highest BCUT2D eigenvalue weighted by atomic mass is 16.2. The topological polar surface area (TPSA) is 69.7 Å². The molecule has 178 valence electrons. The molecule has 0 atom stereocenters. The van der Waals surface area contributed by atoms with Crippen LogP contribution in [0.15, 0.2) is 60.7 Å². The summed E-state index contributed by atoms with van der Waals surface area (Å²) >= 11 is 0. The molecule has 2 aromatic carbocycles. The second kappa shape index (κ2) is 18.6. The summed E-state index contributed by atoms with van der Waals surface area (Å²) in [7, 11) is 1.63. The van der Waals surface area contributed by atoms with Crippen LogP contribution in [0.4, 0.5) is 10.5 Å². The van der Waals surface area contributed by atoms with Crippen LogP contribution in [0.3, 0.4) is 0 Å². The normalized spacial score (nSPS) is 11.9. The molecule has 2 aromatic rings. The average molecular weight is 444 g/mol. The number of nitrogens with one attached hydrogen (secondary N) is 1. The summed E-state index contributed by atoms with van der Waals surface area (Å²) in [4.78, 5) is 37.7. The number of para-hydroxylation sites is 1. The Bertz CT molecular complexity index is 758. The molecule has 32 heavy (non-hydrogen) atoms. The highest BCUT2D eigenvalue weighted by molar-refractivity contribution is 6.15. The Hall–Kier alpha value is -3.15. The average Bonchev–Trinajstić information content (AvgIpc) is 2.85. The Kier molecular flexibility index (Phi) is 18.0. The van der Waals surface area contributed by atoms with Gasteiger partial charge in [-0.3, -0.25) is 9.59 Å². The van der Waals surface area contributed by atoms with Gasteiger partial charge in [-0.25, -0.2) is 9.69 Å². The second-order valence-electron chi connectivity index (χ2n) is 6.03. The predicted octanol–water partition coefficient (Wildman–Crippen LogP) is 5.88. The fraction of sp³-hybridized carbons (Fsp3) is 0.423. The summed E-state index contributed by atoms with van der Waals surface area (Å²) in [5, 5.41) is 2.48. The fourth-order valence-corrected chi connectivity index (χ4v) is 2.64. The van der Waals surface area contributed by atoms with Crippen molar-refractivity contribution in [3.8, 4) is 0 Å². The Morgan fingerprint density at radius 2 is 1.41 bits per heavy atom. The molecule has 0 spiro atoms. The van der Waals surface area contributed by atoms with Crippen molar-refractivity contribution in [2.24, 2.45) is 0 Å². The van der Waals surface area contributed by atoms with E-state index in [0.29, 0.717) is 31.6 Å². The number of imide groups is 1. The van der Waals surface area contributed by atoms with Gasteiger partial charge in [0.2, 0.25) is 11.8 Å². The number of rotatable bonds is 4. The van der Waals surface area contributed by atoms with Crippen LogP contribution in [0.5, 0.6) is 0 Å². The number of carbonyl (C=O) groups is 3. The number of carbonyl (C=O) groups excluding carboxylic acids is 3. The van der Waals surface area contributed by atoms with Crippen LogP contribution in [0.2, 0.25) is 0 Å². The van der Waals surface area contributed by atoms with Crippen LogP contribution in [0.25, 0.3) is 0 Å². The predicted molar refractivity (Wildman–Crippen MR) is 135 cm³/mol. The van der Waals surface area contributed by atoms with E-state index in [4.69, 9.17) is 0 Å². The largest absolute Gasteiger partial charge is 0.359 e. The third-order valence-corrected chi connectivity index (χ3v) is 4.14. The van der Waals surface area contributed by atoms with E-state index in [-0.39, 0.29) is 25.3 Å². The first-order valence-corrected chi connectivity index (χ1v) is 11.0. The molecule has 3 rings (SSSR count). The number of amides is 4. The molecule has 1 fully saturated rings. The van der Waals surface area contributed by atoms with Crippen LogP contribution < -0.4 is 10.2 Å². The van der Waals surface area contributed by atoms with Gasteiger partial charge < -0.3 is 10.2 Å². The second-order valence-corrected chi connectivity index (χ2v) is 6.03. The molecule has 4 amide bonds. The lowest BCUT2D eigenvalue weighted by Crippen LogP contribution is -2.52. The number of nitrogens with zero attached hydrogens (tertiary/aromatic N) is 2. The van der Waals surface area contributed by atoms with E-state index in [9.17, 15) is 14.4 Å². The number of hydrogen-bond donors (Lipinski definition) is 1. The molecular weight excluding hydrogens is 402 g/mol. The third-order valence-electron chi connectivity index (χ3n) is 4.14. The summed E-state index contributed by atoms with van der Waals surface area (Å²) in [6.07, 6.45) is 0.934. The molecule has 6 heteroatoms. The van der Waals surface area contributed by atoms with Crippen molar-refractivity contribution in [2.45, 2.75) is 61.4 Å². The molecule has 0 bridgehead atoms. The number of hydrogen-bond acceptors (Lipinski definition) is 3. The maximum Gasteiger partial charge on any atom is 0.331 e. The molecule has 1 N–H and O–H groups in total. The van der Waals surface area contributed by atoms with E-state index >= 15 is 0 Å². The van der Waals surface area contributed by atoms with Crippen molar-refractivity contribution in [3.63, 3.8) is 0 Å². The lowest BCUT2D eigenvalue weighted by molar-refractivity contribution is -0.120. The SMILES string of the molecule is C.CC.CC.CCC(=O)NC.O=C1CCN(Cc2ccccc2)C(=O)N1c1ccccc1. The van der Waals surface area contributed by atoms with Gasteiger partial charge in [-0.2, -0.15) is 0 Å². The Labute approximate surface area is 194 Å². The molecule has 0 aliphatic carbocycles. The summed E-state index contributed by atoms with van der Waals surface area (Å²) < 4.78 is 0. The maximum absolute atomic E-state index is 12.6. The highest BCUT2D eigenvalue weighted by Gasteiger charge is 2.32. The summed E-state index contributed by atoms with van der Waals surface area (Å²) in [6.45, 7) is 10.8. The molecule has 0 radical (unpaired) electrons. The van der Waals surface area contributed by atoms with Gasteiger partial charge in [-0.15, -0.1) is 0 Å². The third kappa shape index (κ3) is 10.2. The van der Waals surface area contributed by atoms with Crippen molar-refractivity contribution in [3.05, 3.63) is 66.2 Å². The Morgan fingerprint density at radius 1 is 0.906 bits per heavy atom. The van der Waals surface area contributed by atoms with E-state index in [0.717, 1.165) is 5.56 Å². The van der Waals surface area contributed by atoms with Crippen molar-refractivity contribution in [1.29, 1.82) is 0 Å². The van der Waals surface area contributed by atoms with Crippen molar-refractivity contribution >= 4 is 23.5 Å². The lowest BCUT2D eigenvalue weighted by Gasteiger charge is -2.34. The van der Waals surface area contributed by atoms with Gasteiger partial charge in [0.15, 0.2) is 0 Å². The van der Waals surface area contributed by atoms with Gasteiger partial charge in [0.25, 0.3) is 0 Å². The minimum atomic E-state index is -0.249. The van der Waals surface area contributed by atoms with Crippen molar-refractivity contribution in [2.75, 3.05) is 18.5 Å². The molecule has 1 aliphatic rings. The molecule has 0 saturated carbocycles. The van der Waals surface area contributed by atoms with E-state index in [1.165, 1.54) is 4.90 Å². The quantitative estimate of drug-likeness (QED) is 0.642. The zero-order valence-corrected chi connectivity index (χ0v) is 19.7. The van der Waals surface area contributed by atoms with Crippen LogP contribution in [0.1, 0.15) is 60.5 Å². The summed E-state index contributed by atoms with van der Waals surface area (Å²) in [5.74, 6) is -0.0505.